The van der Waals surface area contributed by atoms with Crippen molar-refractivity contribution in [3.63, 3.8) is 0 Å². The van der Waals surface area contributed by atoms with Crippen LogP contribution in [0.2, 0.25) is 0 Å². The molecule has 2 rings (SSSR count). The number of hydrogen-bond donors (Lipinski definition) is 2. The Morgan fingerprint density at radius 2 is 2.29 bits per heavy atom. The van der Waals surface area contributed by atoms with Crippen molar-refractivity contribution in [2.45, 2.75) is 32.0 Å². The van der Waals surface area contributed by atoms with Crippen molar-refractivity contribution in [3.05, 3.63) is 24.2 Å². The van der Waals surface area contributed by atoms with Crippen molar-refractivity contribution >= 4 is 5.91 Å². The molecule has 5 nitrogen and oxygen atoms in total. The van der Waals surface area contributed by atoms with Gasteiger partial charge in [-0.15, -0.1) is 0 Å². The van der Waals surface area contributed by atoms with Gasteiger partial charge in [0.05, 0.1) is 25.4 Å². The maximum atomic E-state index is 11.4. The molecule has 0 radical (unpaired) electrons. The van der Waals surface area contributed by atoms with Crippen LogP contribution >= 0.6 is 0 Å². The Kier molecular flexibility index (Phi) is 3.49. The van der Waals surface area contributed by atoms with E-state index in [4.69, 9.17) is 9.84 Å². The number of rotatable bonds is 3. The van der Waals surface area contributed by atoms with Gasteiger partial charge in [0, 0.05) is 11.8 Å². The van der Waals surface area contributed by atoms with Gasteiger partial charge in [-0.25, -0.2) is 0 Å². The van der Waals surface area contributed by atoms with Crippen LogP contribution in [0.1, 0.15) is 19.8 Å². The molecule has 2 aliphatic heterocycles. The first-order chi connectivity index (χ1) is 8.10. The van der Waals surface area contributed by atoms with Crippen LogP contribution in [0.25, 0.3) is 0 Å². The van der Waals surface area contributed by atoms with Gasteiger partial charge in [-0.2, -0.15) is 0 Å². The van der Waals surface area contributed by atoms with Crippen LogP contribution in [-0.4, -0.2) is 41.3 Å². The van der Waals surface area contributed by atoms with Crippen LogP contribution in [0.15, 0.2) is 24.2 Å². The number of hydrogen-bond acceptors (Lipinski definition) is 4. The summed E-state index contributed by atoms with van der Waals surface area (Å²) in [6.45, 7) is 6.30. The molecular weight excluding hydrogens is 220 g/mol. The second kappa shape index (κ2) is 4.89. The molecule has 0 spiro atoms. The van der Waals surface area contributed by atoms with E-state index in [1.807, 2.05) is 4.90 Å². The van der Waals surface area contributed by atoms with E-state index < -0.39 is 0 Å². The molecule has 17 heavy (non-hydrogen) atoms. The van der Waals surface area contributed by atoms with Crippen molar-refractivity contribution in [3.8, 4) is 0 Å². The summed E-state index contributed by atoms with van der Waals surface area (Å²) in [6, 6.07) is 0. The monoisotopic (exact) mass is 238 g/mol. The van der Waals surface area contributed by atoms with Gasteiger partial charge in [0.15, 0.2) is 0 Å². The number of ether oxygens (including phenoxy) is 1. The summed E-state index contributed by atoms with van der Waals surface area (Å²) < 4.78 is 5.65. The summed E-state index contributed by atoms with van der Waals surface area (Å²) >= 11 is 0. The fraction of sp³-hybridized carbons (Fsp3) is 0.583. The quantitative estimate of drug-likeness (QED) is 0.744. The molecule has 0 aromatic heterocycles. The predicted octanol–water partition coefficient (Wildman–Crippen LogP) is 0.333. The summed E-state index contributed by atoms with van der Waals surface area (Å²) in [4.78, 5) is 13.2. The van der Waals surface area contributed by atoms with Gasteiger partial charge in [0.25, 0.3) is 5.91 Å². The first-order valence-corrected chi connectivity index (χ1v) is 5.82. The van der Waals surface area contributed by atoms with E-state index >= 15 is 0 Å². The number of nitrogens with one attached hydrogen (secondary N) is 1. The molecular formula is C12H18N2O3. The molecule has 0 aromatic carbocycles. The molecule has 0 aliphatic carbocycles. The van der Waals surface area contributed by atoms with Gasteiger partial charge in [-0.05, 0) is 19.8 Å². The number of amides is 1. The molecule has 2 atom stereocenters. The van der Waals surface area contributed by atoms with E-state index in [9.17, 15) is 4.79 Å². The lowest BCUT2D eigenvalue weighted by Gasteiger charge is -2.30. The number of aliphatic hydroxyl groups excluding tert-OH is 1. The third-order valence-electron chi connectivity index (χ3n) is 3.11. The minimum absolute atomic E-state index is 0.0438. The Labute approximate surface area is 101 Å². The number of nitrogens with zero attached hydrogens (tertiary/aromatic N) is 1. The normalized spacial score (nSPS) is 29.3. The first kappa shape index (κ1) is 12.1. The number of aliphatic hydroxyl groups is 1. The fourth-order valence-corrected chi connectivity index (χ4v) is 2.10. The predicted molar refractivity (Wildman–Crippen MR) is 62.7 cm³/mol. The van der Waals surface area contributed by atoms with Crippen molar-refractivity contribution in [1.29, 1.82) is 0 Å². The third kappa shape index (κ3) is 2.68. The molecule has 2 heterocycles. The molecule has 0 saturated carbocycles. The van der Waals surface area contributed by atoms with Crippen LogP contribution in [0.5, 0.6) is 0 Å². The molecule has 2 aliphatic rings. The third-order valence-corrected chi connectivity index (χ3v) is 3.11. The largest absolute Gasteiger partial charge is 0.394 e. The van der Waals surface area contributed by atoms with Crippen molar-refractivity contribution in [1.82, 2.24) is 10.2 Å². The van der Waals surface area contributed by atoms with E-state index in [0.717, 1.165) is 12.8 Å². The highest BCUT2D eigenvalue weighted by Crippen LogP contribution is 2.22. The van der Waals surface area contributed by atoms with E-state index in [-0.39, 0.29) is 24.7 Å². The molecule has 0 bridgehead atoms. The fourth-order valence-electron chi connectivity index (χ4n) is 2.10. The highest BCUT2D eigenvalue weighted by molar-refractivity contribution is 5.94. The zero-order chi connectivity index (χ0) is 12.4. The Hall–Kier alpha value is -1.33. The van der Waals surface area contributed by atoms with Crippen molar-refractivity contribution < 1.29 is 14.6 Å². The number of carbonyl (C=O) groups excluding carboxylic acids is 1. The standard InChI is InChI=1S/C12H18N2O3/c1-8-5-14(9(2)13-12(8)16)6-10-3-4-11(7-15)17-10/h5,10-11,15H,2-4,6-7H2,1H3,(H,13,16)/t10-,11?/m1/s1. The molecule has 94 valence electrons. The van der Waals surface area contributed by atoms with E-state index in [1.165, 1.54) is 0 Å². The number of carbonyl (C=O) groups is 1. The van der Waals surface area contributed by atoms with Gasteiger partial charge in [-0.1, -0.05) is 6.58 Å². The zero-order valence-electron chi connectivity index (χ0n) is 9.98. The molecule has 1 fully saturated rings. The minimum atomic E-state index is -0.105. The van der Waals surface area contributed by atoms with Gasteiger partial charge in [-0.3, -0.25) is 4.79 Å². The maximum Gasteiger partial charge on any atom is 0.253 e. The Morgan fingerprint density at radius 1 is 1.59 bits per heavy atom. The summed E-state index contributed by atoms with van der Waals surface area (Å²) in [6.07, 6.45) is 3.64. The molecule has 1 saturated heterocycles. The SMILES string of the molecule is C=C1NC(=O)C(C)=CN1C[C@H]1CCC(CO)O1. The second-order valence-electron chi connectivity index (χ2n) is 4.51. The zero-order valence-corrected chi connectivity index (χ0v) is 9.98. The highest BCUT2D eigenvalue weighted by atomic mass is 16.5. The Morgan fingerprint density at radius 3 is 2.94 bits per heavy atom. The lowest BCUT2D eigenvalue weighted by Crippen LogP contribution is -2.40. The minimum Gasteiger partial charge on any atom is -0.394 e. The molecule has 2 N–H and O–H groups in total. The summed E-state index contributed by atoms with van der Waals surface area (Å²) in [5.74, 6) is 0.475. The summed E-state index contributed by atoms with van der Waals surface area (Å²) in [5, 5.41) is 11.7. The average Bonchev–Trinajstić information content (AvgIpc) is 2.73. The average molecular weight is 238 g/mol. The van der Waals surface area contributed by atoms with E-state index in [0.29, 0.717) is 17.9 Å². The molecule has 1 unspecified atom stereocenters. The molecule has 5 heteroatoms. The van der Waals surface area contributed by atoms with Crippen LogP contribution in [0.4, 0.5) is 0 Å². The maximum absolute atomic E-state index is 11.4. The van der Waals surface area contributed by atoms with Crippen molar-refractivity contribution in [2.75, 3.05) is 13.2 Å². The lowest BCUT2D eigenvalue weighted by molar-refractivity contribution is -0.117. The summed E-state index contributed by atoms with van der Waals surface area (Å²) in [5.41, 5.74) is 0.661. The Bertz CT molecular complexity index is 365. The lowest BCUT2D eigenvalue weighted by atomic mass is 10.2. The van der Waals surface area contributed by atoms with Gasteiger partial charge in [0.1, 0.15) is 5.82 Å². The van der Waals surface area contributed by atoms with Crippen LogP contribution < -0.4 is 5.32 Å². The molecule has 0 aromatic rings. The topological polar surface area (TPSA) is 61.8 Å². The van der Waals surface area contributed by atoms with E-state index in [1.54, 1.807) is 13.1 Å². The van der Waals surface area contributed by atoms with Gasteiger partial charge in [0.2, 0.25) is 0 Å². The highest BCUT2D eigenvalue weighted by Gasteiger charge is 2.28. The smallest absolute Gasteiger partial charge is 0.253 e. The molecule has 1 amide bonds. The van der Waals surface area contributed by atoms with Crippen LogP contribution in [-0.2, 0) is 9.53 Å². The van der Waals surface area contributed by atoms with E-state index in [2.05, 4.69) is 11.9 Å². The Balaban J connectivity index is 1.95. The van der Waals surface area contributed by atoms with Crippen molar-refractivity contribution in [2.24, 2.45) is 0 Å². The van der Waals surface area contributed by atoms with Crippen LogP contribution in [0, 0.1) is 0 Å². The van der Waals surface area contributed by atoms with Crippen LogP contribution in [0.3, 0.4) is 0 Å². The second-order valence-corrected chi connectivity index (χ2v) is 4.51. The summed E-state index contributed by atoms with van der Waals surface area (Å²) in [7, 11) is 0. The van der Waals surface area contributed by atoms with Gasteiger partial charge < -0.3 is 20.1 Å². The first-order valence-electron chi connectivity index (χ1n) is 5.82. The van der Waals surface area contributed by atoms with Gasteiger partial charge >= 0.3 is 0 Å².